The van der Waals surface area contributed by atoms with E-state index in [1.165, 1.54) is 11.3 Å². The van der Waals surface area contributed by atoms with Crippen LogP contribution in [0, 0.1) is 6.92 Å². The summed E-state index contributed by atoms with van der Waals surface area (Å²) < 4.78 is 7.43. The van der Waals surface area contributed by atoms with Crippen molar-refractivity contribution in [2.75, 3.05) is 20.2 Å². The van der Waals surface area contributed by atoms with Crippen LogP contribution in [-0.2, 0) is 0 Å². The van der Waals surface area contributed by atoms with Crippen molar-refractivity contribution >= 4 is 0 Å². The molecular weight excluding hydrogens is 238 g/mol. The summed E-state index contributed by atoms with van der Waals surface area (Å²) in [5, 5.41) is 7.95. The van der Waals surface area contributed by atoms with E-state index >= 15 is 0 Å². The number of benzene rings is 1. The molecule has 100 valence electrons. The topological polar surface area (TPSA) is 39.1 Å². The van der Waals surface area contributed by atoms with Crippen molar-refractivity contribution < 1.29 is 4.74 Å². The van der Waals surface area contributed by atoms with Gasteiger partial charge in [-0.2, -0.15) is 5.10 Å². The molecule has 1 atom stereocenters. The predicted octanol–water partition coefficient (Wildman–Crippen LogP) is 2.40. The van der Waals surface area contributed by atoms with Gasteiger partial charge >= 0.3 is 0 Å². The maximum atomic E-state index is 5.29. The third kappa shape index (κ3) is 2.24. The smallest absolute Gasteiger partial charge is 0.119 e. The average molecular weight is 257 g/mol. The standard InChI is InChI=1S/C15H19N3O/c1-11-15(12-4-3-5-14(8-12)19-2)10-17-18(11)13-6-7-16-9-13/h3-5,8,10,13,16H,6-7,9H2,1-2H3. The molecule has 1 unspecified atom stereocenters. The Bertz CT molecular complexity index is 571. The second-order valence-corrected chi connectivity index (χ2v) is 4.97. The van der Waals surface area contributed by atoms with Gasteiger partial charge in [-0.05, 0) is 37.6 Å². The predicted molar refractivity (Wildman–Crippen MR) is 75.5 cm³/mol. The van der Waals surface area contributed by atoms with Crippen molar-refractivity contribution in [3.63, 3.8) is 0 Å². The monoisotopic (exact) mass is 257 g/mol. The molecular formula is C15H19N3O. The van der Waals surface area contributed by atoms with Crippen LogP contribution in [0.5, 0.6) is 5.75 Å². The van der Waals surface area contributed by atoms with Crippen LogP contribution in [-0.4, -0.2) is 30.0 Å². The maximum absolute atomic E-state index is 5.29. The van der Waals surface area contributed by atoms with Crippen LogP contribution < -0.4 is 10.1 Å². The van der Waals surface area contributed by atoms with Crippen molar-refractivity contribution in [1.82, 2.24) is 15.1 Å². The van der Waals surface area contributed by atoms with Gasteiger partial charge in [0.2, 0.25) is 0 Å². The van der Waals surface area contributed by atoms with Gasteiger partial charge in [-0.1, -0.05) is 12.1 Å². The molecule has 1 N–H and O–H groups in total. The second kappa shape index (κ2) is 5.05. The highest BCUT2D eigenvalue weighted by atomic mass is 16.5. The summed E-state index contributed by atoms with van der Waals surface area (Å²) in [5.41, 5.74) is 3.57. The Morgan fingerprint density at radius 3 is 3.05 bits per heavy atom. The molecule has 0 saturated carbocycles. The molecule has 0 bridgehead atoms. The van der Waals surface area contributed by atoms with Gasteiger partial charge < -0.3 is 10.1 Å². The second-order valence-electron chi connectivity index (χ2n) is 4.97. The molecule has 1 aromatic carbocycles. The molecule has 2 aromatic rings. The van der Waals surface area contributed by atoms with E-state index in [0.29, 0.717) is 6.04 Å². The van der Waals surface area contributed by atoms with Crippen molar-refractivity contribution in [2.45, 2.75) is 19.4 Å². The minimum Gasteiger partial charge on any atom is -0.497 e. The fourth-order valence-corrected chi connectivity index (χ4v) is 2.71. The summed E-state index contributed by atoms with van der Waals surface area (Å²) in [6.07, 6.45) is 3.11. The Labute approximate surface area is 113 Å². The Morgan fingerprint density at radius 1 is 1.42 bits per heavy atom. The zero-order chi connectivity index (χ0) is 13.2. The first-order valence-corrected chi connectivity index (χ1v) is 6.69. The van der Waals surface area contributed by atoms with E-state index in [2.05, 4.69) is 34.2 Å². The van der Waals surface area contributed by atoms with Crippen LogP contribution in [0.2, 0.25) is 0 Å². The third-order valence-corrected chi connectivity index (χ3v) is 3.81. The van der Waals surface area contributed by atoms with E-state index in [-0.39, 0.29) is 0 Å². The van der Waals surface area contributed by atoms with Crippen LogP contribution in [0.25, 0.3) is 11.1 Å². The fourth-order valence-electron chi connectivity index (χ4n) is 2.71. The van der Waals surface area contributed by atoms with Crippen molar-refractivity contribution in [2.24, 2.45) is 0 Å². The molecule has 0 radical (unpaired) electrons. The molecule has 4 nitrogen and oxygen atoms in total. The fraction of sp³-hybridized carbons (Fsp3) is 0.400. The van der Waals surface area contributed by atoms with Crippen LogP contribution in [0.4, 0.5) is 0 Å². The molecule has 1 saturated heterocycles. The lowest BCUT2D eigenvalue weighted by Crippen LogP contribution is -2.15. The van der Waals surface area contributed by atoms with E-state index in [4.69, 9.17) is 4.74 Å². The van der Waals surface area contributed by atoms with Gasteiger partial charge in [-0.15, -0.1) is 0 Å². The lowest BCUT2D eigenvalue weighted by atomic mass is 10.1. The SMILES string of the molecule is COc1cccc(-c2cnn(C3CCNC3)c2C)c1. The van der Waals surface area contributed by atoms with Gasteiger partial charge in [0.1, 0.15) is 5.75 Å². The summed E-state index contributed by atoms with van der Waals surface area (Å²) in [6.45, 7) is 4.23. The maximum Gasteiger partial charge on any atom is 0.119 e. The minimum absolute atomic E-state index is 0.486. The first-order valence-electron chi connectivity index (χ1n) is 6.69. The molecule has 19 heavy (non-hydrogen) atoms. The molecule has 0 amide bonds. The quantitative estimate of drug-likeness (QED) is 0.917. The first-order chi connectivity index (χ1) is 9.29. The number of nitrogens with one attached hydrogen (secondary N) is 1. The molecule has 1 aromatic heterocycles. The van der Waals surface area contributed by atoms with Crippen molar-refractivity contribution in [1.29, 1.82) is 0 Å². The zero-order valence-electron chi connectivity index (χ0n) is 11.4. The molecule has 0 aliphatic carbocycles. The van der Waals surface area contributed by atoms with Crippen molar-refractivity contribution in [3.8, 4) is 16.9 Å². The number of aromatic nitrogens is 2. The van der Waals surface area contributed by atoms with Gasteiger partial charge in [0.05, 0.1) is 19.3 Å². The highest BCUT2D eigenvalue weighted by Crippen LogP contribution is 2.28. The van der Waals surface area contributed by atoms with Crippen LogP contribution >= 0.6 is 0 Å². The largest absolute Gasteiger partial charge is 0.497 e. The van der Waals surface area contributed by atoms with Crippen LogP contribution in [0.1, 0.15) is 18.2 Å². The average Bonchev–Trinajstić information content (AvgIpc) is 3.08. The normalized spacial score (nSPS) is 18.7. The molecule has 1 fully saturated rings. The van der Waals surface area contributed by atoms with Gasteiger partial charge in [0.25, 0.3) is 0 Å². The Morgan fingerprint density at radius 2 is 2.32 bits per heavy atom. The van der Waals surface area contributed by atoms with E-state index in [1.54, 1.807) is 7.11 Å². The van der Waals surface area contributed by atoms with Gasteiger partial charge in [0.15, 0.2) is 0 Å². The molecule has 2 heterocycles. The molecule has 0 spiro atoms. The van der Waals surface area contributed by atoms with Crippen LogP contribution in [0.15, 0.2) is 30.5 Å². The molecule has 1 aliphatic rings. The number of methoxy groups -OCH3 is 1. The third-order valence-electron chi connectivity index (χ3n) is 3.81. The zero-order valence-corrected chi connectivity index (χ0v) is 11.4. The summed E-state index contributed by atoms with van der Waals surface area (Å²) >= 11 is 0. The highest BCUT2D eigenvalue weighted by Gasteiger charge is 2.20. The van der Waals surface area contributed by atoms with Gasteiger partial charge in [-0.25, -0.2) is 0 Å². The Balaban J connectivity index is 1.96. The summed E-state index contributed by atoms with van der Waals surface area (Å²) in [4.78, 5) is 0. The van der Waals surface area contributed by atoms with Crippen LogP contribution in [0.3, 0.4) is 0 Å². The number of ether oxygens (including phenoxy) is 1. The number of hydrogen-bond donors (Lipinski definition) is 1. The number of rotatable bonds is 3. The first kappa shape index (κ1) is 12.2. The molecule has 1 aliphatic heterocycles. The molecule has 4 heteroatoms. The van der Waals surface area contributed by atoms with E-state index in [0.717, 1.165) is 30.8 Å². The van der Waals surface area contributed by atoms with Crippen molar-refractivity contribution in [3.05, 3.63) is 36.2 Å². The summed E-state index contributed by atoms with van der Waals surface area (Å²) in [7, 11) is 1.69. The Hall–Kier alpha value is -1.81. The Kier molecular flexibility index (Phi) is 3.25. The van der Waals surface area contributed by atoms with E-state index in [9.17, 15) is 0 Å². The lowest BCUT2D eigenvalue weighted by Gasteiger charge is -2.12. The lowest BCUT2D eigenvalue weighted by molar-refractivity contribution is 0.415. The van der Waals surface area contributed by atoms with E-state index < -0.39 is 0 Å². The molecule has 3 rings (SSSR count). The van der Waals surface area contributed by atoms with E-state index in [1.807, 2.05) is 18.3 Å². The summed E-state index contributed by atoms with van der Waals surface area (Å²) in [6, 6.07) is 8.62. The van der Waals surface area contributed by atoms with Gasteiger partial charge in [0, 0.05) is 17.8 Å². The minimum atomic E-state index is 0.486. The summed E-state index contributed by atoms with van der Waals surface area (Å²) in [5.74, 6) is 0.882. The number of nitrogens with zero attached hydrogens (tertiary/aromatic N) is 2. The number of hydrogen-bond acceptors (Lipinski definition) is 3. The highest BCUT2D eigenvalue weighted by molar-refractivity contribution is 5.66. The van der Waals surface area contributed by atoms with Gasteiger partial charge in [-0.3, -0.25) is 4.68 Å².